The predicted molar refractivity (Wildman–Crippen MR) is 48.4 cm³/mol. The van der Waals surface area contributed by atoms with E-state index in [0.29, 0.717) is 12.8 Å². The standard InChI is InChI=1S/C8H18O2S/c1-5-8(4,6-2)11(9,10)7-3/h5-7H2,1-4H3. The third-order valence-corrected chi connectivity index (χ3v) is 5.47. The second-order valence-electron chi connectivity index (χ2n) is 3.06. The molecule has 0 saturated heterocycles. The molecule has 0 aromatic rings. The second-order valence-corrected chi connectivity index (χ2v) is 5.85. The van der Waals surface area contributed by atoms with Crippen molar-refractivity contribution in [2.75, 3.05) is 5.75 Å². The van der Waals surface area contributed by atoms with Crippen LogP contribution in [0.4, 0.5) is 0 Å². The zero-order valence-electron chi connectivity index (χ0n) is 7.85. The van der Waals surface area contributed by atoms with Gasteiger partial charge in [0.05, 0.1) is 4.75 Å². The van der Waals surface area contributed by atoms with E-state index in [0.717, 1.165) is 0 Å². The summed E-state index contributed by atoms with van der Waals surface area (Å²) in [6.45, 7) is 7.39. The molecule has 68 valence electrons. The van der Waals surface area contributed by atoms with Crippen LogP contribution in [0, 0.1) is 0 Å². The van der Waals surface area contributed by atoms with Crippen LogP contribution in [0.5, 0.6) is 0 Å². The van der Waals surface area contributed by atoms with E-state index in [2.05, 4.69) is 0 Å². The minimum Gasteiger partial charge on any atom is -0.228 e. The van der Waals surface area contributed by atoms with Crippen LogP contribution in [-0.4, -0.2) is 18.9 Å². The summed E-state index contributed by atoms with van der Waals surface area (Å²) < 4.78 is 22.5. The highest BCUT2D eigenvalue weighted by molar-refractivity contribution is 7.92. The molecule has 0 fully saturated rings. The highest BCUT2D eigenvalue weighted by Crippen LogP contribution is 2.25. The molecule has 0 aliphatic rings. The van der Waals surface area contributed by atoms with Gasteiger partial charge in [0.1, 0.15) is 0 Å². The Hall–Kier alpha value is -0.0500. The van der Waals surface area contributed by atoms with Crippen LogP contribution < -0.4 is 0 Å². The fraction of sp³-hybridized carbons (Fsp3) is 1.00. The summed E-state index contributed by atoms with van der Waals surface area (Å²) in [5.41, 5.74) is 0. The van der Waals surface area contributed by atoms with Crippen LogP contribution in [0.25, 0.3) is 0 Å². The van der Waals surface area contributed by atoms with E-state index in [1.807, 2.05) is 20.8 Å². The number of hydrogen-bond donors (Lipinski definition) is 0. The van der Waals surface area contributed by atoms with E-state index in [4.69, 9.17) is 0 Å². The van der Waals surface area contributed by atoms with Gasteiger partial charge in [-0.1, -0.05) is 20.8 Å². The van der Waals surface area contributed by atoms with Crippen molar-refractivity contribution in [2.45, 2.75) is 45.3 Å². The monoisotopic (exact) mass is 178 g/mol. The first-order valence-corrected chi connectivity index (χ1v) is 5.81. The second kappa shape index (κ2) is 3.57. The summed E-state index contributed by atoms with van der Waals surface area (Å²) in [6, 6.07) is 0. The van der Waals surface area contributed by atoms with Crippen LogP contribution >= 0.6 is 0 Å². The van der Waals surface area contributed by atoms with Crippen LogP contribution in [0.15, 0.2) is 0 Å². The first-order valence-electron chi connectivity index (χ1n) is 4.15. The SMILES string of the molecule is CCC(C)(CC)S(=O)(=O)CC. The average molecular weight is 178 g/mol. The molecule has 0 aliphatic carbocycles. The molecule has 11 heavy (non-hydrogen) atoms. The van der Waals surface area contributed by atoms with Gasteiger partial charge in [-0.15, -0.1) is 0 Å². The van der Waals surface area contributed by atoms with Crippen molar-refractivity contribution in [1.29, 1.82) is 0 Å². The topological polar surface area (TPSA) is 34.1 Å². The van der Waals surface area contributed by atoms with E-state index in [9.17, 15) is 8.42 Å². The molecule has 0 amide bonds. The molecule has 0 aromatic heterocycles. The van der Waals surface area contributed by atoms with Crippen LogP contribution in [0.2, 0.25) is 0 Å². The van der Waals surface area contributed by atoms with Gasteiger partial charge in [-0.25, -0.2) is 8.42 Å². The average Bonchev–Trinajstić information content (AvgIpc) is 2.02. The molecular formula is C8H18O2S. The lowest BCUT2D eigenvalue weighted by molar-refractivity contribution is 0.508. The molecule has 0 aromatic carbocycles. The minimum absolute atomic E-state index is 0.255. The van der Waals surface area contributed by atoms with Gasteiger partial charge in [-0.2, -0.15) is 0 Å². The van der Waals surface area contributed by atoms with Crippen molar-refractivity contribution in [3.8, 4) is 0 Å². The molecule has 0 saturated carbocycles. The molecule has 3 heteroatoms. The lowest BCUT2D eigenvalue weighted by Gasteiger charge is -2.25. The molecule has 0 radical (unpaired) electrons. The van der Waals surface area contributed by atoms with Gasteiger partial charge in [-0.05, 0) is 19.8 Å². The first-order chi connectivity index (χ1) is 4.93. The highest BCUT2D eigenvalue weighted by Gasteiger charge is 2.33. The smallest absolute Gasteiger partial charge is 0.155 e. The zero-order chi connectivity index (χ0) is 9.12. The van der Waals surface area contributed by atoms with Gasteiger partial charge < -0.3 is 0 Å². The molecule has 0 unspecified atom stereocenters. The van der Waals surface area contributed by atoms with E-state index in [1.165, 1.54) is 0 Å². The van der Waals surface area contributed by atoms with Gasteiger partial charge >= 0.3 is 0 Å². The molecule has 0 rings (SSSR count). The number of hydrogen-bond acceptors (Lipinski definition) is 2. The molecule has 0 N–H and O–H groups in total. The third kappa shape index (κ3) is 1.95. The predicted octanol–water partition coefficient (Wildman–Crippen LogP) is 2.00. The fourth-order valence-corrected chi connectivity index (χ4v) is 2.61. The van der Waals surface area contributed by atoms with Crippen molar-refractivity contribution >= 4 is 9.84 Å². The number of sulfone groups is 1. The Morgan fingerprint density at radius 3 is 1.55 bits per heavy atom. The van der Waals surface area contributed by atoms with Gasteiger partial charge in [0.2, 0.25) is 0 Å². The lowest BCUT2D eigenvalue weighted by atomic mass is 10.1. The summed E-state index contributed by atoms with van der Waals surface area (Å²) in [5, 5.41) is 0. The summed E-state index contributed by atoms with van der Waals surface area (Å²) >= 11 is 0. The Morgan fingerprint density at radius 1 is 1.09 bits per heavy atom. The molecule has 0 atom stereocenters. The molecular weight excluding hydrogens is 160 g/mol. The molecule has 0 aliphatic heterocycles. The quantitative estimate of drug-likeness (QED) is 0.660. The third-order valence-electron chi connectivity index (χ3n) is 2.63. The lowest BCUT2D eigenvalue weighted by Crippen LogP contribution is -2.35. The summed E-state index contributed by atoms with van der Waals surface area (Å²) in [5.74, 6) is 0.255. The Balaban J connectivity index is 4.78. The van der Waals surface area contributed by atoms with E-state index < -0.39 is 14.6 Å². The Kier molecular flexibility index (Phi) is 3.55. The maximum absolute atomic E-state index is 11.5. The molecule has 0 bridgehead atoms. The van der Waals surface area contributed by atoms with Crippen molar-refractivity contribution in [2.24, 2.45) is 0 Å². The first kappa shape index (κ1) is 11.0. The van der Waals surface area contributed by atoms with Crippen molar-refractivity contribution in [3.05, 3.63) is 0 Å². The largest absolute Gasteiger partial charge is 0.228 e. The Bertz CT molecular complexity index is 200. The Labute approximate surface area is 69.9 Å². The van der Waals surface area contributed by atoms with Crippen molar-refractivity contribution in [1.82, 2.24) is 0 Å². The maximum atomic E-state index is 11.5. The summed E-state index contributed by atoms with van der Waals surface area (Å²) in [7, 11) is -2.86. The van der Waals surface area contributed by atoms with Crippen molar-refractivity contribution in [3.63, 3.8) is 0 Å². The minimum atomic E-state index is -2.86. The van der Waals surface area contributed by atoms with E-state index >= 15 is 0 Å². The van der Waals surface area contributed by atoms with Gasteiger partial charge in [0.25, 0.3) is 0 Å². The van der Waals surface area contributed by atoms with E-state index in [-0.39, 0.29) is 5.75 Å². The summed E-state index contributed by atoms with van der Waals surface area (Å²) in [6.07, 6.45) is 1.42. The summed E-state index contributed by atoms with van der Waals surface area (Å²) in [4.78, 5) is 0. The molecule has 2 nitrogen and oxygen atoms in total. The molecule has 0 heterocycles. The van der Waals surface area contributed by atoms with Crippen LogP contribution in [-0.2, 0) is 9.84 Å². The van der Waals surface area contributed by atoms with Gasteiger partial charge in [0.15, 0.2) is 9.84 Å². The normalized spacial score (nSPS) is 13.5. The number of rotatable bonds is 4. The highest BCUT2D eigenvalue weighted by atomic mass is 32.2. The zero-order valence-corrected chi connectivity index (χ0v) is 8.66. The van der Waals surface area contributed by atoms with Crippen LogP contribution in [0.3, 0.4) is 0 Å². The fourth-order valence-electron chi connectivity index (χ4n) is 1.04. The van der Waals surface area contributed by atoms with Crippen LogP contribution in [0.1, 0.15) is 40.5 Å². The molecule has 0 spiro atoms. The maximum Gasteiger partial charge on any atom is 0.155 e. The van der Waals surface area contributed by atoms with Crippen molar-refractivity contribution < 1.29 is 8.42 Å². The van der Waals surface area contributed by atoms with E-state index in [1.54, 1.807) is 6.92 Å². The Morgan fingerprint density at radius 2 is 1.45 bits per heavy atom. The van der Waals surface area contributed by atoms with Gasteiger partial charge in [-0.3, -0.25) is 0 Å². The van der Waals surface area contributed by atoms with Gasteiger partial charge in [0, 0.05) is 5.75 Å².